The standard InChI is InChI=1S/C13H29NO2S/c1-5-10-17(15,16)11-9-13(6-2,7-3)12-14-8-4/h14H,5-12H2,1-4H3. The van der Waals surface area contributed by atoms with Gasteiger partial charge in [0.2, 0.25) is 0 Å². The average molecular weight is 263 g/mol. The highest BCUT2D eigenvalue weighted by Gasteiger charge is 2.27. The number of nitrogens with one attached hydrogen (secondary N) is 1. The molecule has 0 aromatic carbocycles. The smallest absolute Gasteiger partial charge is 0.150 e. The normalized spacial score (nSPS) is 12.9. The Morgan fingerprint density at radius 2 is 1.59 bits per heavy atom. The fourth-order valence-electron chi connectivity index (χ4n) is 2.12. The van der Waals surface area contributed by atoms with Gasteiger partial charge in [-0.3, -0.25) is 0 Å². The van der Waals surface area contributed by atoms with Crippen LogP contribution in [0.1, 0.15) is 53.4 Å². The van der Waals surface area contributed by atoms with Gasteiger partial charge < -0.3 is 5.32 Å². The van der Waals surface area contributed by atoms with Gasteiger partial charge in [-0.1, -0.05) is 27.7 Å². The van der Waals surface area contributed by atoms with Crippen molar-refractivity contribution >= 4 is 9.84 Å². The minimum atomic E-state index is -2.84. The van der Waals surface area contributed by atoms with Gasteiger partial charge in [-0.15, -0.1) is 0 Å². The highest BCUT2D eigenvalue weighted by molar-refractivity contribution is 7.91. The summed E-state index contributed by atoms with van der Waals surface area (Å²) in [6, 6.07) is 0. The number of sulfone groups is 1. The Bertz CT molecular complexity index is 282. The van der Waals surface area contributed by atoms with Gasteiger partial charge in [0.25, 0.3) is 0 Å². The van der Waals surface area contributed by atoms with Gasteiger partial charge in [-0.2, -0.15) is 0 Å². The third-order valence-electron chi connectivity index (χ3n) is 3.71. The van der Waals surface area contributed by atoms with E-state index in [-0.39, 0.29) is 5.41 Å². The van der Waals surface area contributed by atoms with E-state index in [9.17, 15) is 8.42 Å². The molecule has 0 aromatic rings. The van der Waals surface area contributed by atoms with Crippen LogP contribution in [0, 0.1) is 5.41 Å². The Balaban J connectivity index is 4.44. The van der Waals surface area contributed by atoms with Gasteiger partial charge in [-0.25, -0.2) is 8.42 Å². The fraction of sp³-hybridized carbons (Fsp3) is 1.00. The molecule has 0 radical (unpaired) electrons. The molecule has 0 rings (SSSR count). The van der Waals surface area contributed by atoms with E-state index in [0.29, 0.717) is 11.5 Å². The van der Waals surface area contributed by atoms with E-state index in [1.165, 1.54) is 0 Å². The maximum Gasteiger partial charge on any atom is 0.150 e. The van der Waals surface area contributed by atoms with Gasteiger partial charge in [0.15, 0.2) is 0 Å². The van der Waals surface area contributed by atoms with Crippen molar-refractivity contribution in [2.75, 3.05) is 24.6 Å². The molecule has 0 unspecified atom stereocenters. The lowest BCUT2D eigenvalue weighted by atomic mass is 9.80. The van der Waals surface area contributed by atoms with Gasteiger partial charge in [-0.05, 0) is 37.6 Å². The highest BCUT2D eigenvalue weighted by Crippen LogP contribution is 2.30. The molecule has 4 heteroatoms. The van der Waals surface area contributed by atoms with Crippen molar-refractivity contribution in [3.8, 4) is 0 Å². The second kappa shape index (κ2) is 8.09. The molecule has 0 atom stereocenters. The second-order valence-electron chi connectivity index (χ2n) is 4.89. The van der Waals surface area contributed by atoms with Crippen LogP contribution >= 0.6 is 0 Å². The van der Waals surface area contributed by atoms with Crippen LogP contribution in [0.3, 0.4) is 0 Å². The molecule has 3 nitrogen and oxygen atoms in total. The van der Waals surface area contributed by atoms with E-state index in [2.05, 4.69) is 26.1 Å². The van der Waals surface area contributed by atoms with Crippen LogP contribution in [-0.4, -0.2) is 33.0 Å². The lowest BCUT2D eigenvalue weighted by Crippen LogP contribution is -2.35. The minimum Gasteiger partial charge on any atom is -0.316 e. The predicted molar refractivity (Wildman–Crippen MR) is 75.1 cm³/mol. The van der Waals surface area contributed by atoms with Gasteiger partial charge in [0.05, 0.1) is 5.75 Å². The molecule has 0 saturated carbocycles. The molecule has 0 aliphatic carbocycles. The van der Waals surface area contributed by atoms with E-state index in [1.807, 2.05) is 6.92 Å². The molecule has 0 saturated heterocycles. The summed E-state index contributed by atoms with van der Waals surface area (Å²) >= 11 is 0. The molecule has 104 valence electrons. The van der Waals surface area contributed by atoms with Crippen molar-refractivity contribution in [1.29, 1.82) is 0 Å². The van der Waals surface area contributed by atoms with Crippen molar-refractivity contribution in [1.82, 2.24) is 5.32 Å². The highest BCUT2D eigenvalue weighted by atomic mass is 32.2. The Hall–Kier alpha value is -0.0900. The maximum absolute atomic E-state index is 11.8. The Morgan fingerprint density at radius 1 is 1.00 bits per heavy atom. The van der Waals surface area contributed by atoms with Crippen molar-refractivity contribution in [3.05, 3.63) is 0 Å². The topological polar surface area (TPSA) is 46.2 Å². The molecule has 0 amide bonds. The molecule has 0 fully saturated rings. The van der Waals surface area contributed by atoms with E-state index < -0.39 is 9.84 Å². The summed E-state index contributed by atoms with van der Waals surface area (Å²) in [4.78, 5) is 0. The maximum atomic E-state index is 11.8. The fourth-order valence-corrected chi connectivity index (χ4v) is 3.69. The number of hydrogen-bond donors (Lipinski definition) is 1. The zero-order chi connectivity index (χ0) is 13.4. The van der Waals surface area contributed by atoms with Crippen LogP contribution in [-0.2, 0) is 9.84 Å². The molecule has 0 spiro atoms. The molecule has 0 aromatic heterocycles. The average Bonchev–Trinajstić information content (AvgIpc) is 2.30. The molecule has 17 heavy (non-hydrogen) atoms. The first-order valence-corrected chi connectivity index (χ1v) is 8.68. The summed E-state index contributed by atoms with van der Waals surface area (Å²) in [7, 11) is -2.84. The number of hydrogen-bond acceptors (Lipinski definition) is 3. The van der Waals surface area contributed by atoms with Crippen molar-refractivity contribution in [3.63, 3.8) is 0 Å². The summed E-state index contributed by atoms with van der Waals surface area (Å²) in [5, 5.41) is 3.36. The first kappa shape index (κ1) is 16.9. The molecular weight excluding hydrogens is 234 g/mol. The summed E-state index contributed by atoms with van der Waals surface area (Å²) < 4.78 is 23.5. The lowest BCUT2D eigenvalue weighted by Gasteiger charge is -2.32. The van der Waals surface area contributed by atoms with E-state index in [1.54, 1.807) is 0 Å². The van der Waals surface area contributed by atoms with Crippen LogP contribution in [0.2, 0.25) is 0 Å². The molecule has 1 N–H and O–H groups in total. The summed E-state index contributed by atoms with van der Waals surface area (Å²) in [5.74, 6) is 0.672. The Morgan fingerprint density at radius 3 is 2.00 bits per heavy atom. The quantitative estimate of drug-likeness (QED) is 0.659. The van der Waals surface area contributed by atoms with Crippen LogP contribution in [0.25, 0.3) is 0 Å². The van der Waals surface area contributed by atoms with Gasteiger partial charge in [0, 0.05) is 12.3 Å². The van der Waals surface area contributed by atoms with E-state index >= 15 is 0 Å². The lowest BCUT2D eigenvalue weighted by molar-refractivity contribution is 0.241. The Labute approximate surface area is 107 Å². The molecule has 0 aliphatic rings. The Kier molecular flexibility index (Phi) is 8.05. The van der Waals surface area contributed by atoms with Gasteiger partial charge in [0.1, 0.15) is 9.84 Å². The first-order chi connectivity index (χ1) is 7.95. The van der Waals surface area contributed by atoms with Crippen molar-refractivity contribution in [2.45, 2.75) is 53.4 Å². The zero-order valence-corrected chi connectivity index (χ0v) is 12.7. The van der Waals surface area contributed by atoms with E-state index in [0.717, 1.165) is 38.8 Å². The van der Waals surface area contributed by atoms with E-state index in [4.69, 9.17) is 0 Å². The number of rotatable bonds is 10. The largest absolute Gasteiger partial charge is 0.316 e. The van der Waals surface area contributed by atoms with Gasteiger partial charge >= 0.3 is 0 Å². The second-order valence-corrected chi connectivity index (χ2v) is 7.19. The van der Waals surface area contributed by atoms with Crippen LogP contribution in [0.15, 0.2) is 0 Å². The van der Waals surface area contributed by atoms with Crippen molar-refractivity contribution < 1.29 is 8.42 Å². The summed E-state index contributed by atoms with van der Waals surface area (Å²) in [6.45, 7) is 10.2. The first-order valence-electron chi connectivity index (χ1n) is 6.86. The van der Waals surface area contributed by atoms with Crippen molar-refractivity contribution in [2.24, 2.45) is 5.41 Å². The molecular formula is C13H29NO2S. The zero-order valence-electron chi connectivity index (χ0n) is 11.9. The predicted octanol–water partition coefficient (Wildman–Crippen LogP) is 2.62. The van der Waals surface area contributed by atoms with Crippen LogP contribution < -0.4 is 5.32 Å². The van der Waals surface area contributed by atoms with Crippen LogP contribution in [0.5, 0.6) is 0 Å². The summed E-state index contributed by atoms with van der Waals surface area (Å²) in [6.07, 6.45) is 3.59. The molecule has 0 aliphatic heterocycles. The SMILES string of the molecule is CCCS(=O)(=O)CCC(CC)(CC)CNCC. The minimum absolute atomic E-state index is 0.150. The third-order valence-corrected chi connectivity index (χ3v) is 5.56. The summed E-state index contributed by atoms with van der Waals surface area (Å²) in [5.41, 5.74) is 0.150. The van der Waals surface area contributed by atoms with Crippen LogP contribution in [0.4, 0.5) is 0 Å². The monoisotopic (exact) mass is 263 g/mol. The molecule has 0 heterocycles. The third kappa shape index (κ3) is 6.41. The molecule has 0 bridgehead atoms.